The molecule has 6 heteroatoms. The average Bonchev–Trinajstić information content (AvgIpc) is 3.17. The molecule has 0 bridgehead atoms. The molecule has 1 fully saturated rings. The maximum absolute atomic E-state index is 12.9. The van der Waals surface area contributed by atoms with Crippen molar-refractivity contribution < 1.29 is 14.4 Å². The summed E-state index contributed by atoms with van der Waals surface area (Å²) >= 11 is 0. The number of benzene rings is 2. The Balaban J connectivity index is 1.36. The van der Waals surface area contributed by atoms with E-state index in [2.05, 4.69) is 16.4 Å². The number of likely N-dealkylation sites (tertiary alicyclic amines) is 1. The van der Waals surface area contributed by atoms with E-state index in [0.29, 0.717) is 37.9 Å². The number of ketones is 1. The first kappa shape index (κ1) is 17.7. The molecule has 2 aromatic carbocycles. The van der Waals surface area contributed by atoms with Gasteiger partial charge in [-0.15, -0.1) is 0 Å². The number of rotatable bonds is 2. The number of Topliss-reactive ketones (excluding diaryl/α,β-unsaturated/α-hetero) is 1. The van der Waals surface area contributed by atoms with Crippen LogP contribution in [0.3, 0.4) is 0 Å². The third-order valence-corrected chi connectivity index (χ3v) is 6.19. The average molecular weight is 387 g/mol. The number of carbonyl (C=O) groups excluding carboxylic acids is 3. The lowest BCUT2D eigenvalue weighted by Crippen LogP contribution is -2.57. The van der Waals surface area contributed by atoms with Gasteiger partial charge in [0.2, 0.25) is 5.91 Å². The Labute approximate surface area is 167 Å². The zero-order chi connectivity index (χ0) is 20.0. The van der Waals surface area contributed by atoms with Gasteiger partial charge >= 0.3 is 0 Å². The lowest BCUT2D eigenvalue weighted by atomic mass is 9.75. The second kappa shape index (κ2) is 6.58. The second-order valence-electron chi connectivity index (χ2n) is 7.83. The van der Waals surface area contributed by atoms with Gasteiger partial charge in [-0.25, -0.2) is 0 Å². The predicted molar refractivity (Wildman–Crippen MR) is 108 cm³/mol. The number of nitrogens with one attached hydrogen (secondary N) is 2. The van der Waals surface area contributed by atoms with Crippen molar-refractivity contribution in [3.05, 3.63) is 71.4 Å². The number of para-hydroxylation sites is 1. The van der Waals surface area contributed by atoms with Crippen molar-refractivity contribution in [2.75, 3.05) is 13.1 Å². The Morgan fingerprint density at radius 1 is 0.966 bits per heavy atom. The summed E-state index contributed by atoms with van der Waals surface area (Å²) in [6.07, 6.45) is 3.19. The fourth-order valence-corrected chi connectivity index (χ4v) is 4.70. The molecular weight excluding hydrogens is 366 g/mol. The van der Waals surface area contributed by atoms with Crippen molar-refractivity contribution in [2.24, 2.45) is 0 Å². The Morgan fingerprint density at radius 2 is 1.69 bits per heavy atom. The van der Waals surface area contributed by atoms with Crippen LogP contribution < -0.4 is 5.32 Å². The Bertz CT molecular complexity index is 1140. The van der Waals surface area contributed by atoms with Crippen LogP contribution in [0.1, 0.15) is 34.3 Å². The summed E-state index contributed by atoms with van der Waals surface area (Å²) in [5.41, 5.74) is 2.97. The molecule has 29 heavy (non-hydrogen) atoms. The molecule has 1 spiro atoms. The Morgan fingerprint density at radius 3 is 2.52 bits per heavy atom. The van der Waals surface area contributed by atoms with Gasteiger partial charge in [0.25, 0.3) is 11.7 Å². The minimum atomic E-state index is -0.494. The summed E-state index contributed by atoms with van der Waals surface area (Å²) in [5.74, 6) is -0.968. The molecular formula is C23H21N3O3. The summed E-state index contributed by atoms with van der Waals surface area (Å²) in [6.45, 7) is 0.864. The van der Waals surface area contributed by atoms with Crippen molar-refractivity contribution in [2.45, 2.75) is 24.8 Å². The van der Waals surface area contributed by atoms with E-state index in [1.807, 2.05) is 42.5 Å². The van der Waals surface area contributed by atoms with Crippen LogP contribution in [0.25, 0.3) is 10.9 Å². The highest BCUT2D eigenvalue weighted by atomic mass is 16.2. The molecule has 0 radical (unpaired) electrons. The number of carbonyl (C=O) groups is 3. The van der Waals surface area contributed by atoms with E-state index >= 15 is 0 Å². The predicted octanol–water partition coefficient (Wildman–Crippen LogP) is 2.54. The highest BCUT2D eigenvalue weighted by Crippen LogP contribution is 2.38. The number of hydrogen-bond donors (Lipinski definition) is 2. The van der Waals surface area contributed by atoms with Gasteiger partial charge in [0, 0.05) is 30.2 Å². The van der Waals surface area contributed by atoms with Crippen LogP contribution >= 0.6 is 0 Å². The Hall–Kier alpha value is -3.41. The summed E-state index contributed by atoms with van der Waals surface area (Å²) in [7, 11) is 0. The smallest absolute Gasteiger partial charge is 0.295 e. The molecule has 2 aliphatic rings. The molecule has 0 aliphatic carbocycles. The number of fused-ring (bicyclic) bond motifs is 3. The Kier molecular flexibility index (Phi) is 4.01. The SMILES string of the molecule is O=C1Cc2ccccc2C2(CCN(C(=O)C(=O)c3c[nH]c4ccccc34)CC2)N1. The lowest BCUT2D eigenvalue weighted by molar-refractivity contribution is -0.129. The molecule has 0 saturated carbocycles. The number of piperidine rings is 1. The van der Waals surface area contributed by atoms with Gasteiger partial charge in [-0.1, -0.05) is 42.5 Å². The van der Waals surface area contributed by atoms with E-state index in [1.54, 1.807) is 11.1 Å². The topological polar surface area (TPSA) is 82.3 Å². The molecule has 146 valence electrons. The number of nitrogens with zero attached hydrogens (tertiary/aromatic N) is 1. The third kappa shape index (κ3) is 2.83. The first-order chi connectivity index (χ1) is 14.1. The molecule has 1 saturated heterocycles. The summed E-state index contributed by atoms with van der Waals surface area (Å²) in [4.78, 5) is 42.7. The maximum atomic E-state index is 12.9. The van der Waals surface area contributed by atoms with Crippen LogP contribution in [0, 0.1) is 0 Å². The number of H-pyrrole nitrogens is 1. The van der Waals surface area contributed by atoms with Gasteiger partial charge in [0.1, 0.15) is 0 Å². The fourth-order valence-electron chi connectivity index (χ4n) is 4.70. The van der Waals surface area contributed by atoms with Gasteiger partial charge in [-0.3, -0.25) is 14.4 Å². The van der Waals surface area contributed by atoms with E-state index in [0.717, 1.165) is 22.0 Å². The van der Waals surface area contributed by atoms with E-state index < -0.39 is 17.2 Å². The van der Waals surface area contributed by atoms with E-state index in [1.165, 1.54) is 0 Å². The zero-order valence-corrected chi connectivity index (χ0v) is 15.9. The van der Waals surface area contributed by atoms with Gasteiger partial charge in [0.15, 0.2) is 0 Å². The molecule has 2 N–H and O–H groups in total. The molecule has 3 aromatic rings. The van der Waals surface area contributed by atoms with Crippen molar-refractivity contribution in [3.8, 4) is 0 Å². The molecule has 0 atom stereocenters. The lowest BCUT2D eigenvalue weighted by Gasteiger charge is -2.45. The maximum Gasteiger partial charge on any atom is 0.295 e. The van der Waals surface area contributed by atoms with Crippen LogP contribution in [0.2, 0.25) is 0 Å². The molecule has 1 aromatic heterocycles. The summed E-state index contributed by atoms with van der Waals surface area (Å²) in [6, 6.07) is 15.4. The number of aromatic nitrogens is 1. The summed E-state index contributed by atoms with van der Waals surface area (Å²) < 4.78 is 0. The van der Waals surface area contributed by atoms with Crippen LogP contribution in [0.5, 0.6) is 0 Å². The van der Waals surface area contributed by atoms with Gasteiger partial charge in [-0.2, -0.15) is 0 Å². The minimum absolute atomic E-state index is 0.0124. The number of amides is 2. The standard InChI is InChI=1S/C23H21N3O3/c27-20-13-15-5-1-3-7-18(15)23(25-20)9-11-26(12-10-23)22(29)21(28)17-14-24-19-8-4-2-6-16(17)19/h1-8,14,24H,9-13H2,(H,25,27). The second-order valence-corrected chi connectivity index (χ2v) is 7.83. The monoisotopic (exact) mass is 387 g/mol. The van der Waals surface area contributed by atoms with Gasteiger partial charge < -0.3 is 15.2 Å². The first-order valence-electron chi connectivity index (χ1n) is 9.86. The van der Waals surface area contributed by atoms with Crippen molar-refractivity contribution in [1.29, 1.82) is 0 Å². The molecule has 6 nitrogen and oxygen atoms in total. The quantitative estimate of drug-likeness (QED) is 0.524. The van der Waals surface area contributed by atoms with E-state index in [9.17, 15) is 14.4 Å². The molecule has 2 amide bonds. The van der Waals surface area contributed by atoms with Crippen molar-refractivity contribution >= 4 is 28.5 Å². The molecule has 2 aliphatic heterocycles. The molecule has 3 heterocycles. The zero-order valence-electron chi connectivity index (χ0n) is 15.9. The van der Waals surface area contributed by atoms with E-state index in [4.69, 9.17) is 0 Å². The largest absolute Gasteiger partial charge is 0.360 e. The van der Waals surface area contributed by atoms with Gasteiger partial charge in [0.05, 0.1) is 17.5 Å². The minimum Gasteiger partial charge on any atom is -0.360 e. The highest BCUT2D eigenvalue weighted by Gasteiger charge is 2.43. The molecule has 0 unspecified atom stereocenters. The van der Waals surface area contributed by atoms with Crippen LogP contribution in [-0.2, 0) is 21.5 Å². The van der Waals surface area contributed by atoms with Crippen LogP contribution in [0.4, 0.5) is 0 Å². The fraction of sp³-hybridized carbons (Fsp3) is 0.261. The third-order valence-electron chi connectivity index (χ3n) is 6.19. The van der Waals surface area contributed by atoms with Crippen LogP contribution in [-0.4, -0.2) is 40.6 Å². The normalized spacial score (nSPS) is 17.8. The van der Waals surface area contributed by atoms with Crippen molar-refractivity contribution in [1.82, 2.24) is 15.2 Å². The van der Waals surface area contributed by atoms with Crippen molar-refractivity contribution in [3.63, 3.8) is 0 Å². The number of hydrogen-bond acceptors (Lipinski definition) is 3. The van der Waals surface area contributed by atoms with E-state index in [-0.39, 0.29) is 5.91 Å². The molecule has 5 rings (SSSR count). The number of aromatic amines is 1. The van der Waals surface area contributed by atoms with Gasteiger partial charge in [-0.05, 0) is 30.0 Å². The highest BCUT2D eigenvalue weighted by molar-refractivity contribution is 6.44. The van der Waals surface area contributed by atoms with Crippen LogP contribution in [0.15, 0.2) is 54.7 Å². The summed E-state index contributed by atoms with van der Waals surface area (Å²) in [5, 5.41) is 3.92. The first-order valence-corrected chi connectivity index (χ1v) is 9.86.